The highest BCUT2D eigenvalue weighted by Gasteiger charge is 2.41. The summed E-state index contributed by atoms with van der Waals surface area (Å²) in [6.45, 7) is 1.98. The van der Waals surface area contributed by atoms with E-state index in [2.05, 4.69) is 15.0 Å². The van der Waals surface area contributed by atoms with E-state index in [1.165, 1.54) is 0 Å². The fraction of sp³-hybridized carbons (Fsp3) is 0.278. The number of dihydropyridines is 1. The highest BCUT2D eigenvalue weighted by molar-refractivity contribution is 6.37. The molecule has 1 saturated carbocycles. The molecule has 0 saturated heterocycles. The van der Waals surface area contributed by atoms with Crippen LogP contribution >= 0.6 is 0 Å². The van der Waals surface area contributed by atoms with Crippen molar-refractivity contribution in [1.29, 1.82) is 0 Å². The van der Waals surface area contributed by atoms with E-state index in [0.717, 1.165) is 17.5 Å². The summed E-state index contributed by atoms with van der Waals surface area (Å²) in [6, 6.07) is 7.77. The third kappa shape index (κ3) is 2.22. The Morgan fingerprint density at radius 1 is 1.12 bits per heavy atom. The highest BCUT2D eigenvalue weighted by atomic mass is 16.1. The van der Waals surface area contributed by atoms with Crippen molar-refractivity contribution in [3.63, 3.8) is 0 Å². The number of aryl methyl sites for hydroxylation is 1. The van der Waals surface area contributed by atoms with Gasteiger partial charge in [-0.25, -0.2) is 4.99 Å². The van der Waals surface area contributed by atoms with Gasteiger partial charge in [0.15, 0.2) is 5.78 Å². The monoisotopic (exact) mass is 320 g/mol. The molecule has 6 heteroatoms. The molecule has 1 aromatic carbocycles. The Bertz CT molecular complexity index is 905. The maximum atomic E-state index is 12.6. The van der Waals surface area contributed by atoms with Gasteiger partial charge in [0.05, 0.1) is 5.71 Å². The van der Waals surface area contributed by atoms with Gasteiger partial charge in [-0.15, -0.1) is 0 Å². The lowest BCUT2D eigenvalue weighted by Gasteiger charge is -2.30. The molecule has 1 aliphatic carbocycles. The van der Waals surface area contributed by atoms with Gasteiger partial charge >= 0.3 is 0 Å². The standard InChI is InChI=1S/C18H16N4O2/c1-9-4-2-5-10(8-9)13-14-11(6-3-7-12(14)23)20-16-15(13)17(24)22-18(19)21-16/h2,4-5,8,15H,3,6-7H2,1H3,(H2,19,22,24). The topological polar surface area (TPSA) is 97.2 Å². The van der Waals surface area contributed by atoms with Crippen molar-refractivity contribution >= 4 is 34.8 Å². The molecule has 0 bridgehead atoms. The summed E-state index contributed by atoms with van der Waals surface area (Å²) in [7, 11) is 0. The quantitative estimate of drug-likeness (QED) is 0.854. The van der Waals surface area contributed by atoms with Crippen LogP contribution in [0.1, 0.15) is 30.4 Å². The smallest absolute Gasteiger partial charge is 0.264 e. The van der Waals surface area contributed by atoms with E-state index in [9.17, 15) is 9.59 Å². The van der Waals surface area contributed by atoms with Crippen LogP contribution in [0.15, 0.2) is 44.8 Å². The summed E-state index contributed by atoms with van der Waals surface area (Å²) < 4.78 is 0. The Hall–Kier alpha value is -2.89. The van der Waals surface area contributed by atoms with Gasteiger partial charge in [-0.3, -0.25) is 9.59 Å². The van der Waals surface area contributed by atoms with Gasteiger partial charge in [-0.1, -0.05) is 29.8 Å². The van der Waals surface area contributed by atoms with Crippen LogP contribution in [0.3, 0.4) is 0 Å². The number of amidine groups is 1. The SMILES string of the molecule is Cc1cccc(C2=C3C(=O)CCCC3=NC3=NC(N)=NC(=O)C32)c1. The van der Waals surface area contributed by atoms with Crippen LogP contribution in [0.4, 0.5) is 0 Å². The minimum atomic E-state index is -0.750. The molecule has 3 aliphatic rings. The van der Waals surface area contributed by atoms with Gasteiger partial charge < -0.3 is 5.73 Å². The molecule has 0 spiro atoms. The first-order valence-electron chi connectivity index (χ1n) is 7.93. The third-order valence-electron chi connectivity index (χ3n) is 4.48. The Morgan fingerprint density at radius 2 is 1.96 bits per heavy atom. The molecule has 2 N–H and O–H groups in total. The Labute approximate surface area is 138 Å². The Morgan fingerprint density at radius 3 is 2.75 bits per heavy atom. The van der Waals surface area contributed by atoms with Crippen molar-refractivity contribution in [2.45, 2.75) is 26.2 Å². The lowest BCUT2D eigenvalue weighted by atomic mass is 9.77. The number of aliphatic imine (C=N–C) groups is 3. The normalized spacial score (nSPS) is 23.2. The van der Waals surface area contributed by atoms with E-state index < -0.39 is 11.8 Å². The van der Waals surface area contributed by atoms with Crippen molar-refractivity contribution in [2.75, 3.05) is 0 Å². The summed E-state index contributed by atoms with van der Waals surface area (Å²) in [6.07, 6.45) is 1.94. The first-order chi connectivity index (χ1) is 11.5. The average Bonchev–Trinajstić information content (AvgIpc) is 2.53. The predicted molar refractivity (Wildman–Crippen MR) is 91.9 cm³/mol. The average molecular weight is 320 g/mol. The van der Waals surface area contributed by atoms with Gasteiger partial charge in [-0.2, -0.15) is 9.98 Å². The van der Waals surface area contributed by atoms with Gasteiger partial charge in [-0.05, 0) is 30.9 Å². The number of guanidine groups is 1. The van der Waals surface area contributed by atoms with E-state index in [1.54, 1.807) is 0 Å². The number of fused-ring (bicyclic) bond motifs is 2. The number of nitrogens with zero attached hydrogens (tertiary/aromatic N) is 3. The summed E-state index contributed by atoms with van der Waals surface area (Å²) in [5.41, 5.74) is 9.47. The van der Waals surface area contributed by atoms with Crippen molar-refractivity contribution in [2.24, 2.45) is 26.6 Å². The van der Waals surface area contributed by atoms with Crippen molar-refractivity contribution in [3.05, 3.63) is 41.0 Å². The molecule has 120 valence electrons. The molecule has 4 rings (SSSR count). The molecule has 2 heterocycles. The van der Waals surface area contributed by atoms with Crippen molar-refractivity contribution in [1.82, 2.24) is 0 Å². The zero-order valence-electron chi connectivity index (χ0n) is 13.2. The number of rotatable bonds is 1. The third-order valence-corrected chi connectivity index (χ3v) is 4.48. The Kier molecular flexibility index (Phi) is 3.26. The predicted octanol–water partition coefficient (Wildman–Crippen LogP) is 1.83. The minimum absolute atomic E-state index is 0.0332. The van der Waals surface area contributed by atoms with E-state index in [0.29, 0.717) is 35.5 Å². The maximum Gasteiger partial charge on any atom is 0.264 e. The fourth-order valence-electron chi connectivity index (χ4n) is 3.49. The second-order valence-electron chi connectivity index (χ2n) is 6.20. The van der Waals surface area contributed by atoms with Crippen LogP contribution in [0, 0.1) is 12.8 Å². The molecule has 1 atom stereocenters. The van der Waals surface area contributed by atoms with Gasteiger partial charge in [0, 0.05) is 12.0 Å². The number of benzene rings is 1. The summed E-state index contributed by atoms with van der Waals surface area (Å²) in [4.78, 5) is 37.5. The van der Waals surface area contributed by atoms with Gasteiger partial charge in [0.1, 0.15) is 11.8 Å². The van der Waals surface area contributed by atoms with E-state index in [1.807, 2.05) is 31.2 Å². The Balaban J connectivity index is 2.00. The molecule has 6 nitrogen and oxygen atoms in total. The second-order valence-corrected chi connectivity index (χ2v) is 6.20. The van der Waals surface area contributed by atoms with Crippen molar-refractivity contribution in [3.8, 4) is 0 Å². The van der Waals surface area contributed by atoms with Crippen LogP contribution in [-0.2, 0) is 9.59 Å². The number of ketones is 1. The van der Waals surface area contributed by atoms with E-state index >= 15 is 0 Å². The number of amides is 1. The highest BCUT2D eigenvalue weighted by Crippen LogP contribution is 2.38. The zero-order chi connectivity index (χ0) is 16.8. The number of carbonyl (C=O) groups excluding carboxylic acids is 2. The number of nitrogens with two attached hydrogens (primary N) is 1. The largest absolute Gasteiger partial charge is 0.368 e. The molecule has 0 radical (unpaired) electrons. The van der Waals surface area contributed by atoms with Crippen molar-refractivity contribution < 1.29 is 9.59 Å². The van der Waals surface area contributed by atoms with E-state index in [-0.39, 0.29) is 11.7 Å². The van der Waals surface area contributed by atoms with Gasteiger partial charge in [0.2, 0.25) is 5.96 Å². The summed E-state index contributed by atoms with van der Waals surface area (Å²) >= 11 is 0. The second kappa shape index (κ2) is 5.33. The first kappa shape index (κ1) is 14.7. The number of hydrogen-bond donors (Lipinski definition) is 1. The molecule has 1 aromatic rings. The van der Waals surface area contributed by atoms with Crippen LogP contribution in [0.25, 0.3) is 5.57 Å². The lowest BCUT2D eigenvalue weighted by molar-refractivity contribution is -0.118. The fourth-order valence-corrected chi connectivity index (χ4v) is 3.49. The number of carbonyl (C=O) groups is 2. The summed E-state index contributed by atoms with van der Waals surface area (Å²) in [5.74, 6) is -0.865. The van der Waals surface area contributed by atoms with E-state index in [4.69, 9.17) is 5.73 Å². The molecular formula is C18H16N4O2. The molecule has 24 heavy (non-hydrogen) atoms. The molecule has 2 aliphatic heterocycles. The van der Waals surface area contributed by atoms with Crippen LogP contribution in [0.2, 0.25) is 0 Å². The van der Waals surface area contributed by atoms with Crippen LogP contribution < -0.4 is 5.73 Å². The first-order valence-corrected chi connectivity index (χ1v) is 7.93. The molecule has 1 fully saturated rings. The maximum absolute atomic E-state index is 12.6. The van der Waals surface area contributed by atoms with Crippen LogP contribution in [0.5, 0.6) is 0 Å². The number of hydrogen-bond acceptors (Lipinski definition) is 5. The lowest BCUT2D eigenvalue weighted by Crippen LogP contribution is -2.38. The molecule has 1 unspecified atom stereocenters. The van der Waals surface area contributed by atoms with Crippen LogP contribution in [-0.4, -0.2) is 29.2 Å². The molecule has 1 amide bonds. The minimum Gasteiger partial charge on any atom is -0.368 e. The summed E-state index contributed by atoms with van der Waals surface area (Å²) in [5, 5.41) is 0. The number of allylic oxidation sites excluding steroid dienone is 1. The number of Topliss-reactive ketones (excluding diaryl/α,β-unsaturated/α-hetero) is 1. The molecule has 0 aromatic heterocycles. The molecular weight excluding hydrogens is 304 g/mol. The zero-order valence-corrected chi connectivity index (χ0v) is 13.2. The van der Waals surface area contributed by atoms with Gasteiger partial charge in [0.25, 0.3) is 5.91 Å².